The minimum absolute atomic E-state index is 0.0968. The molecule has 2 heterocycles. The Balaban J connectivity index is 1.94. The van der Waals surface area contributed by atoms with E-state index in [1.807, 2.05) is 45.0 Å². The molecule has 0 saturated heterocycles. The van der Waals surface area contributed by atoms with Crippen LogP contribution in [0.25, 0.3) is 0 Å². The highest BCUT2D eigenvalue weighted by Crippen LogP contribution is 2.44. The number of hydrogen-bond donors (Lipinski definition) is 1. The summed E-state index contributed by atoms with van der Waals surface area (Å²) in [5.41, 5.74) is -0.468. The number of esters is 1. The monoisotopic (exact) mass is 478 g/mol. The molecule has 2 aliphatic rings. The number of halogens is 2. The first kappa shape index (κ1) is 20.2. The van der Waals surface area contributed by atoms with Crippen LogP contribution in [0.15, 0.2) is 39.6 Å². The molecule has 1 spiro atoms. The van der Waals surface area contributed by atoms with E-state index in [1.54, 1.807) is 0 Å². The van der Waals surface area contributed by atoms with E-state index in [2.05, 4.69) is 21.2 Å². The number of nitrogens with zero attached hydrogens (tertiary/aromatic N) is 1. The van der Waals surface area contributed by atoms with Gasteiger partial charge in [-0.05, 0) is 54.8 Å². The van der Waals surface area contributed by atoms with Crippen LogP contribution in [0.3, 0.4) is 0 Å². The number of fused-ring (bicyclic) bond motifs is 4. The molecule has 0 fully saturated rings. The van der Waals surface area contributed by atoms with Gasteiger partial charge >= 0.3 is 5.97 Å². The van der Waals surface area contributed by atoms with Gasteiger partial charge in [-0.25, -0.2) is 0 Å². The van der Waals surface area contributed by atoms with Crippen LogP contribution in [-0.4, -0.2) is 22.0 Å². The first-order chi connectivity index (χ1) is 13.5. The number of amides is 1. The number of ether oxygens (including phenoxy) is 1. The summed E-state index contributed by atoms with van der Waals surface area (Å²) in [7, 11) is 0. The lowest BCUT2D eigenvalue weighted by Gasteiger charge is -2.40. The molecular weight excluding hydrogens is 460 g/mol. The van der Waals surface area contributed by atoms with Crippen LogP contribution in [-0.2, 0) is 21.6 Å². The summed E-state index contributed by atoms with van der Waals surface area (Å²) in [4.78, 5) is 38.9. The van der Waals surface area contributed by atoms with E-state index in [4.69, 9.17) is 16.3 Å². The van der Waals surface area contributed by atoms with Gasteiger partial charge in [-0.15, -0.1) is 0 Å². The second kappa shape index (κ2) is 6.71. The molecule has 29 heavy (non-hydrogen) atoms. The third kappa shape index (κ3) is 3.20. The molecule has 1 amide bonds. The molecule has 0 saturated carbocycles. The Morgan fingerprint density at radius 1 is 1.31 bits per heavy atom. The van der Waals surface area contributed by atoms with Gasteiger partial charge in [0.25, 0.3) is 11.5 Å². The predicted molar refractivity (Wildman–Crippen MR) is 112 cm³/mol. The first-order valence-corrected chi connectivity index (χ1v) is 10.5. The number of aromatic nitrogens is 1. The highest BCUT2D eigenvalue weighted by atomic mass is 79.9. The van der Waals surface area contributed by atoms with Crippen molar-refractivity contribution in [3.63, 3.8) is 0 Å². The number of pyridine rings is 1. The van der Waals surface area contributed by atoms with E-state index < -0.39 is 23.1 Å². The van der Waals surface area contributed by atoms with Gasteiger partial charge in [0.15, 0.2) is 0 Å². The maximum absolute atomic E-state index is 13.1. The van der Waals surface area contributed by atoms with Gasteiger partial charge in [-0.1, -0.05) is 35.9 Å². The van der Waals surface area contributed by atoms with Gasteiger partial charge in [0.05, 0.1) is 15.4 Å². The van der Waals surface area contributed by atoms with Crippen LogP contribution < -0.4 is 10.9 Å². The second-order valence-electron chi connectivity index (χ2n) is 8.44. The molecular formula is C21H20BrClN2O4. The third-order valence-corrected chi connectivity index (χ3v) is 6.10. The van der Waals surface area contributed by atoms with E-state index in [-0.39, 0.29) is 33.1 Å². The van der Waals surface area contributed by atoms with Crippen molar-refractivity contribution < 1.29 is 14.3 Å². The fourth-order valence-corrected chi connectivity index (χ4v) is 5.04. The lowest BCUT2D eigenvalue weighted by Crippen LogP contribution is -2.53. The van der Waals surface area contributed by atoms with Crippen molar-refractivity contribution in [3.8, 4) is 0 Å². The average Bonchev–Trinajstić information content (AvgIpc) is 2.91. The molecule has 1 aliphatic carbocycles. The van der Waals surface area contributed by atoms with E-state index in [1.165, 1.54) is 10.6 Å². The topological polar surface area (TPSA) is 77.4 Å². The third-order valence-electron chi connectivity index (χ3n) is 5.24. The Hall–Kier alpha value is -2.12. The van der Waals surface area contributed by atoms with Crippen molar-refractivity contribution >= 4 is 39.4 Å². The van der Waals surface area contributed by atoms with Gasteiger partial charge < -0.3 is 10.1 Å². The summed E-state index contributed by atoms with van der Waals surface area (Å²) in [6.45, 7) is 5.43. The highest BCUT2D eigenvalue weighted by molar-refractivity contribution is 9.10. The average molecular weight is 480 g/mol. The van der Waals surface area contributed by atoms with Crippen molar-refractivity contribution in [3.05, 3.63) is 67.0 Å². The van der Waals surface area contributed by atoms with E-state index in [0.29, 0.717) is 6.42 Å². The minimum Gasteiger partial charge on any atom is -0.460 e. The highest BCUT2D eigenvalue weighted by Gasteiger charge is 2.52. The summed E-state index contributed by atoms with van der Waals surface area (Å²) in [5, 5.41) is 3.13. The number of hydrogen-bond acceptors (Lipinski definition) is 4. The van der Waals surface area contributed by atoms with Crippen LogP contribution >= 0.6 is 27.5 Å². The Morgan fingerprint density at radius 3 is 2.69 bits per heavy atom. The molecule has 1 aromatic heterocycles. The Kier molecular flexibility index (Phi) is 4.66. The molecule has 2 unspecified atom stereocenters. The van der Waals surface area contributed by atoms with Crippen molar-refractivity contribution in [1.82, 2.24) is 9.88 Å². The summed E-state index contributed by atoms with van der Waals surface area (Å²) in [6.07, 6.45) is 0.666. The van der Waals surface area contributed by atoms with E-state index in [9.17, 15) is 14.4 Å². The zero-order chi connectivity index (χ0) is 21.1. The van der Waals surface area contributed by atoms with Gasteiger partial charge in [0, 0.05) is 12.0 Å². The zero-order valence-electron chi connectivity index (χ0n) is 16.2. The smallest absolute Gasteiger partial charge is 0.309 e. The Labute approximate surface area is 181 Å². The predicted octanol–water partition coefficient (Wildman–Crippen LogP) is 3.61. The largest absolute Gasteiger partial charge is 0.460 e. The van der Waals surface area contributed by atoms with Crippen molar-refractivity contribution in [1.29, 1.82) is 0 Å². The molecule has 152 valence electrons. The van der Waals surface area contributed by atoms with Crippen molar-refractivity contribution in [2.24, 2.45) is 5.92 Å². The summed E-state index contributed by atoms with van der Waals surface area (Å²) in [5.74, 6) is -1.33. The number of carbonyl (C=O) groups is 2. The number of nitrogens with one attached hydrogen (secondary N) is 1. The second-order valence-corrected chi connectivity index (χ2v) is 9.70. The molecule has 2 aromatic rings. The van der Waals surface area contributed by atoms with Crippen molar-refractivity contribution in [2.45, 2.75) is 44.9 Å². The van der Waals surface area contributed by atoms with Crippen molar-refractivity contribution in [2.75, 3.05) is 0 Å². The van der Waals surface area contributed by atoms with Crippen LogP contribution in [0, 0.1) is 5.92 Å². The fourth-order valence-electron chi connectivity index (χ4n) is 4.22. The van der Waals surface area contributed by atoms with Crippen LogP contribution in [0.4, 0.5) is 0 Å². The number of benzene rings is 1. The zero-order valence-corrected chi connectivity index (χ0v) is 18.6. The molecule has 0 bridgehead atoms. The van der Waals surface area contributed by atoms with Gasteiger partial charge in [-0.2, -0.15) is 0 Å². The molecule has 6 nitrogen and oxygen atoms in total. The summed E-state index contributed by atoms with van der Waals surface area (Å²) in [6, 6.07) is 8.93. The summed E-state index contributed by atoms with van der Waals surface area (Å²) < 4.78 is 7.25. The molecule has 1 aliphatic heterocycles. The summed E-state index contributed by atoms with van der Waals surface area (Å²) >= 11 is 9.56. The fraction of sp³-hybridized carbons (Fsp3) is 0.381. The lowest BCUT2D eigenvalue weighted by molar-refractivity contribution is -0.161. The molecule has 4 rings (SSSR count). The van der Waals surface area contributed by atoms with Crippen LogP contribution in [0.2, 0.25) is 5.02 Å². The Bertz CT molecular complexity index is 1100. The van der Waals surface area contributed by atoms with E-state index >= 15 is 0 Å². The van der Waals surface area contributed by atoms with Gasteiger partial charge in [-0.3, -0.25) is 19.0 Å². The molecule has 1 aromatic carbocycles. The lowest BCUT2D eigenvalue weighted by atomic mass is 9.76. The van der Waals surface area contributed by atoms with Gasteiger partial charge in [0.2, 0.25) is 0 Å². The Morgan fingerprint density at radius 2 is 2.00 bits per heavy atom. The minimum atomic E-state index is -1.20. The van der Waals surface area contributed by atoms with Crippen LogP contribution in [0.5, 0.6) is 0 Å². The first-order valence-electron chi connectivity index (χ1n) is 9.29. The number of carbonyl (C=O) groups excluding carboxylic acids is 2. The SMILES string of the molecule is CC(C)(C)OC(=O)C1Cc2ccccc2C2(C1)NC(=O)c1c(Cl)cc(Br)c(=O)n12. The maximum atomic E-state index is 13.1. The van der Waals surface area contributed by atoms with E-state index in [0.717, 1.165) is 11.1 Å². The quantitative estimate of drug-likeness (QED) is 0.634. The molecule has 1 N–H and O–H groups in total. The molecule has 8 heteroatoms. The maximum Gasteiger partial charge on any atom is 0.309 e. The molecule has 0 radical (unpaired) electrons. The normalized spacial score (nSPS) is 22.8. The van der Waals surface area contributed by atoms with Gasteiger partial charge in [0.1, 0.15) is 17.0 Å². The number of rotatable bonds is 1. The van der Waals surface area contributed by atoms with Crippen LogP contribution in [0.1, 0.15) is 48.8 Å². The standard InChI is InChI=1S/C21H20BrClN2O4/c1-20(2,3)29-19(28)12-8-11-6-4-5-7-13(11)21(10-12)24-17(26)16-15(23)9-14(22)18(27)25(16)21/h4-7,9,12H,8,10H2,1-3H3,(H,24,26). The molecule has 2 atom stereocenters.